The van der Waals surface area contributed by atoms with E-state index in [1.54, 1.807) is 19.5 Å². The Morgan fingerprint density at radius 2 is 1.86 bits per heavy atom. The van der Waals surface area contributed by atoms with Crippen LogP contribution in [-0.2, 0) is 0 Å². The minimum absolute atomic E-state index is 0.479. The largest absolute Gasteiger partial charge is 0.479 e. The van der Waals surface area contributed by atoms with Gasteiger partial charge in [0.1, 0.15) is 5.03 Å². The summed E-state index contributed by atoms with van der Waals surface area (Å²) in [5.74, 6) is 0.479. The SMILES string of the molecule is COc1nnc(SC)c2cnncc12. The third-order valence-electron chi connectivity index (χ3n) is 1.81. The van der Waals surface area contributed by atoms with Crippen LogP contribution in [0.2, 0.25) is 0 Å². The Labute approximate surface area is 84.9 Å². The van der Waals surface area contributed by atoms with E-state index in [1.807, 2.05) is 6.26 Å². The van der Waals surface area contributed by atoms with Gasteiger partial charge in [-0.2, -0.15) is 10.2 Å². The van der Waals surface area contributed by atoms with Gasteiger partial charge in [-0.25, -0.2) is 0 Å². The molecule has 14 heavy (non-hydrogen) atoms. The molecule has 5 nitrogen and oxygen atoms in total. The maximum absolute atomic E-state index is 5.08. The first-order valence-electron chi connectivity index (χ1n) is 3.92. The molecule has 0 unspecified atom stereocenters. The topological polar surface area (TPSA) is 60.8 Å². The molecule has 6 heteroatoms. The van der Waals surface area contributed by atoms with Crippen LogP contribution in [0.1, 0.15) is 0 Å². The molecular weight excluding hydrogens is 200 g/mol. The molecule has 2 aromatic rings. The zero-order chi connectivity index (χ0) is 9.97. The predicted molar refractivity (Wildman–Crippen MR) is 53.5 cm³/mol. The Hall–Kier alpha value is -1.43. The van der Waals surface area contributed by atoms with Gasteiger partial charge in [0.05, 0.1) is 24.9 Å². The summed E-state index contributed by atoms with van der Waals surface area (Å²) in [5.41, 5.74) is 0. The van der Waals surface area contributed by atoms with Gasteiger partial charge in [-0.1, -0.05) is 0 Å². The fraction of sp³-hybridized carbons (Fsp3) is 0.250. The van der Waals surface area contributed by atoms with E-state index in [1.165, 1.54) is 11.8 Å². The zero-order valence-corrected chi connectivity index (χ0v) is 8.58. The summed E-state index contributed by atoms with van der Waals surface area (Å²) < 4.78 is 5.08. The van der Waals surface area contributed by atoms with Crippen LogP contribution < -0.4 is 4.74 Å². The number of hydrogen-bond acceptors (Lipinski definition) is 6. The maximum atomic E-state index is 5.08. The Morgan fingerprint density at radius 1 is 1.14 bits per heavy atom. The van der Waals surface area contributed by atoms with E-state index in [2.05, 4.69) is 20.4 Å². The summed E-state index contributed by atoms with van der Waals surface area (Å²) in [4.78, 5) is 0. The second-order valence-corrected chi connectivity index (χ2v) is 3.33. The molecule has 0 saturated carbocycles. The lowest BCUT2D eigenvalue weighted by molar-refractivity contribution is 0.396. The monoisotopic (exact) mass is 208 g/mol. The highest BCUT2D eigenvalue weighted by molar-refractivity contribution is 7.98. The van der Waals surface area contributed by atoms with Crippen LogP contribution in [0.3, 0.4) is 0 Å². The second-order valence-electron chi connectivity index (χ2n) is 2.54. The summed E-state index contributed by atoms with van der Waals surface area (Å²) in [7, 11) is 1.56. The maximum Gasteiger partial charge on any atom is 0.242 e. The molecule has 0 spiro atoms. The number of thioether (sulfide) groups is 1. The minimum atomic E-state index is 0.479. The summed E-state index contributed by atoms with van der Waals surface area (Å²) in [6, 6.07) is 0. The lowest BCUT2D eigenvalue weighted by atomic mass is 10.3. The number of nitrogens with zero attached hydrogens (tertiary/aromatic N) is 4. The molecule has 0 amide bonds. The van der Waals surface area contributed by atoms with Gasteiger partial charge < -0.3 is 4.74 Å². The van der Waals surface area contributed by atoms with Crippen LogP contribution in [0.5, 0.6) is 5.88 Å². The molecule has 0 aliphatic carbocycles. The molecule has 2 aromatic heterocycles. The smallest absolute Gasteiger partial charge is 0.242 e. The fourth-order valence-electron chi connectivity index (χ4n) is 1.16. The standard InChI is InChI=1S/C8H8N4OS/c1-13-7-5-3-9-10-4-6(5)8(14-2)12-11-7/h3-4H,1-2H3. The van der Waals surface area contributed by atoms with E-state index < -0.39 is 0 Å². The Balaban J connectivity index is 2.78. The van der Waals surface area contributed by atoms with Gasteiger partial charge in [-0.05, 0) is 6.26 Å². The van der Waals surface area contributed by atoms with Crippen molar-refractivity contribution in [2.45, 2.75) is 5.03 Å². The van der Waals surface area contributed by atoms with Crippen LogP contribution >= 0.6 is 11.8 Å². The number of fused-ring (bicyclic) bond motifs is 1. The van der Waals surface area contributed by atoms with Crippen molar-refractivity contribution >= 4 is 22.5 Å². The first kappa shape index (κ1) is 9.14. The molecule has 0 aliphatic rings. The lowest BCUT2D eigenvalue weighted by Gasteiger charge is -2.04. The van der Waals surface area contributed by atoms with Gasteiger partial charge in [0.15, 0.2) is 0 Å². The van der Waals surface area contributed by atoms with Crippen LogP contribution in [0.25, 0.3) is 10.8 Å². The Morgan fingerprint density at radius 3 is 2.50 bits per heavy atom. The fourth-order valence-corrected chi connectivity index (χ4v) is 1.67. The number of rotatable bonds is 2. The van der Waals surface area contributed by atoms with Crippen LogP contribution in [0.15, 0.2) is 17.4 Å². The van der Waals surface area contributed by atoms with E-state index in [9.17, 15) is 0 Å². The number of aromatic nitrogens is 4. The third kappa shape index (κ3) is 1.37. The van der Waals surface area contributed by atoms with Crippen LogP contribution in [0, 0.1) is 0 Å². The van der Waals surface area contributed by atoms with Crippen molar-refractivity contribution < 1.29 is 4.74 Å². The van der Waals surface area contributed by atoms with Crippen molar-refractivity contribution in [3.8, 4) is 5.88 Å². The predicted octanol–water partition coefficient (Wildman–Crippen LogP) is 1.15. The van der Waals surface area contributed by atoms with Gasteiger partial charge >= 0.3 is 0 Å². The number of hydrogen-bond donors (Lipinski definition) is 0. The molecule has 2 heterocycles. The molecule has 0 atom stereocenters. The van der Waals surface area contributed by atoms with Crippen molar-refractivity contribution in [3.05, 3.63) is 12.4 Å². The molecule has 0 saturated heterocycles. The average molecular weight is 208 g/mol. The molecule has 0 aromatic carbocycles. The van der Waals surface area contributed by atoms with Gasteiger partial charge in [0, 0.05) is 5.39 Å². The lowest BCUT2D eigenvalue weighted by Crippen LogP contribution is -1.95. The van der Waals surface area contributed by atoms with Crippen molar-refractivity contribution in [2.75, 3.05) is 13.4 Å². The molecule has 72 valence electrons. The molecule has 0 bridgehead atoms. The normalized spacial score (nSPS) is 10.4. The van der Waals surface area contributed by atoms with Gasteiger partial charge in [-0.3, -0.25) is 0 Å². The number of ether oxygens (including phenoxy) is 1. The summed E-state index contributed by atoms with van der Waals surface area (Å²) in [6.07, 6.45) is 5.23. The van der Waals surface area contributed by atoms with Gasteiger partial charge in [0.2, 0.25) is 5.88 Å². The summed E-state index contributed by atoms with van der Waals surface area (Å²) in [6.45, 7) is 0. The molecule has 0 N–H and O–H groups in total. The molecule has 0 aliphatic heterocycles. The van der Waals surface area contributed by atoms with Crippen LogP contribution in [0.4, 0.5) is 0 Å². The molecule has 0 radical (unpaired) electrons. The third-order valence-corrected chi connectivity index (χ3v) is 2.50. The van der Waals surface area contributed by atoms with E-state index in [0.29, 0.717) is 5.88 Å². The van der Waals surface area contributed by atoms with Crippen LogP contribution in [-0.4, -0.2) is 33.8 Å². The first-order chi connectivity index (χ1) is 6.86. The second kappa shape index (κ2) is 3.75. The van der Waals surface area contributed by atoms with Crippen molar-refractivity contribution in [2.24, 2.45) is 0 Å². The molecular formula is C8H8N4OS. The van der Waals surface area contributed by atoms with Crippen molar-refractivity contribution in [3.63, 3.8) is 0 Å². The quantitative estimate of drug-likeness (QED) is 0.690. The number of methoxy groups -OCH3 is 1. The highest BCUT2D eigenvalue weighted by atomic mass is 32.2. The van der Waals surface area contributed by atoms with E-state index in [4.69, 9.17) is 4.74 Å². The zero-order valence-electron chi connectivity index (χ0n) is 7.76. The minimum Gasteiger partial charge on any atom is -0.479 e. The highest BCUT2D eigenvalue weighted by Crippen LogP contribution is 2.27. The molecule has 0 fully saturated rings. The van der Waals surface area contributed by atoms with E-state index in [-0.39, 0.29) is 0 Å². The first-order valence-corrected chi connectivity index (χ1v) is 5.14. The summed E-state index contributed by atoms with van der Waals surface area (Å²) in [5, 5.41) is 18.1. The van der Waals surface area contributed by atoms with Crippen molar-refractivity contribution in [1.29, 1.82) is 0 Å². The van der Waals surface area contributed by atoms with E-state index >= 15 is 0 Å². The van der Waals surface area contributed by atoms with Crippen molar-refractivity contribution in [1.82, 2.24) is 20.4 Å². The Bertz CT molecular complexity index is 420. The summed E-state index contributed by atoms with van der Waals surface area (Å²) >= 11 is 1.52. The van der Waals surface area contributed by atoms with Gasteiger partial charge in [-0.15, -0.1) is 22.0 Å². The molecule has 2 rings (SSSR count). The van der Waals surface area contributed by atoms with Gasteiger partial charge in [0.25, 0.3) is 0 Å². The Kier molecular flexibility index (Phi) is 2.45. The van der Waals surface area contributed by atoms with E-state index in [0.717, 1.165) is 15.8 Å². The highest BCUT2D eigenvalue weighted by Gasteiger charge is 2.08. The average Bonchev–Trinajstić information content (AvgIpc) is 2.27.